The third-order valence-corrected chi connectivity index (χ3v) is 6.81. The Balaban J connectivity index is 1.24. The van der Waals surface area contributed by atoms with Crippen molar-refractivity contribution in [2.24, 2.45) is 0 Å². The molecule has 0 atom stereocenters. The standard InChI is InChI=1S/C20H22Cl2N4OS/c1-13-11-28-19-18(13)24-12-25-20(19)23-6-9-26-7-4-14(5-8-26)27-15-2-3-16(21)17(22)10-15/h2-3,10-12,14H,4-9H2,1H3,(H,23,24,25). The molecule has 0 bridgehead atoms. The zero-order chi connectivity index (χ0) is 19.5. The van der Waals surface area contributed by atoms with E-state index in [1.165, 1.54) is 5.56 Å². The lowest BCUT2D eigenvalue weighted by Gasteiger charge is -2.32. The number of benzene rings is 1. The number of aryl methyl sites for hydroxylation is 1. The molecule has 1 aliphatic rings. The summed E-state index contributed by atoms with van der Waals surface area (Å²) in [6.07, 6.45) is 3.86. The summed E-state index contributed by atoms with van der Waals surface area (Å²) in [5, 5.41) is 6.68. The van der Waals surface area contributed by atoms with Gasteiger partial charge in [-0.15, -0.1) is 11.3 Å². The number of likely N-dealkylation sites (tertiary alicyclic amines) is 1. The summed E-state index contributed by atoms with van der Waals surface area (Å²) in [6.45, 7) is 5.96. The highest BCUT2D eigenvalue weighted by Gasteiger charge is 2.20. The van der Waals surface area contributed by atoms with Gasteiger partial charge in [-0.3, -0.25) is 0 Å². The Morgan fingerprint density at radius 1 is 1.21 bits per heavy atom. The molecule has 0 saturated carbocycles. The van der Waals surface area contributed by atoms with Gasteiger partial charge in [0.05, 0.1) is 20.3 Å². The van der Waals surface area contributed by atoms with Crippen LogP contribution in [0.4, 0.5) is 5.82 Å². The Morgan fingerprint density at radius 2 is 2.04 bits per heavy atom. The zero-order valence-corrected chi connectivity index (χ0v) is 17.9. The summed E-state index contributed by atoms with van der Waals surface area (Å²) < 4.78 is 7.20. The number of nitrogens with zero attached hydrogens (tertiary/aromatic N) is 3. The van der Waals surface area contributed by atoms with Crippen molar-refractivity contribution in [1.82, 2.24) is 14.9 Å². The van der Waals surface area contributed by atoms with E-state index >= 15 is 0 Å². The van der Waals surface area contributed by atoms with Crippen LogP contribution in [0.3, 0.4) is 0 Å². The van der Waals surface area contributed by atoms with E-state index < -0.39 is 0 Å². The van der Waals surface area contributed by atoms with E-state index in [9.17, 15) is 0 Å². The zero-order valence-electron chi connectivity index (χ0n) is 15.6. The Hall–Kier alpha value is -1.60. The molecule has 0 amide bonds. The molecule has 0 radical (unpaired) electrons. The number of thiophene rings is 1. The lowest BCUT2D eigenvalue weighted by Crippen LogP contribution is -2.40. The van der Waals surface area contributed by atoms with Crippen molar-refractivity contribution < 1.29 is 4.74 Å². The van der Waals surface area contributed by atoms with Gasteiger partial charge >= 0.3 is 0 Å². The van der Waals surface area contributed by atoms with Crippen LogP contribution < -0.4 is 10.1 Å². The fourth-order valence-electron chi connectivity index (χ4n) is 3.42. The average Bonchev–Trinajstić information content (AvgIpc) is 3.08. The summed E-state index contributed by atoms with van der Waals surface area (Å²) in [7, 11) is 0. The van der Waals surface area contributed by atoms with Crippen molar-refractivity contribution in [3.05, 3.63) is 45.5 Å². The molecular formula is C20H22Cl2N4OS. The number of halogens is 2. The molecule has 1 fully saturated rings. The number of ether oxygens (including phenoxy) is 1. The largest absolute Gasteiger partial charge is 0.490 e. The number of aromatic nitrogens is 2. The van der Waals surface area contributed by atoms with E-state index in [2.05, 4.69) is 32.5 Å². The topological polar surface area (TPSA) is 50.3 Å². The van der Waals surface area contributed by atoms with Gasteiger partial charge in [0.2, 0.25) is 0 Å². The first-order chi connectivity index (χ1) is 13.6. The fourth-order valence-corrected chi connectivity index (χ4v) is 4.68. The van der Waals surface area contributed by atoms with Gasteiger partial charge in [-0.05, 0) is 42.8 Å². The van der Waals surface area contributed by atoms with E-state index in [-0.39, 0.29) is 6.10 Å². The highest BCUT2D eigenvalue weighted by Crippen LogP contribution is 2.29. The molecule has 3 heterocycles. The normalized spacial score (nSPS) is 15.8. The number of nitrogens with one attached hydrogen (secondary N) is 1. The van der Waals surface area contributed by atoms with Gasteiger partial charge in [-0.1, -0.05) is 23.2 Å². The molecule has 1 aromatic carbocycles. The third kappa shape index (κ3) is 4.51. The number of hydrogen-bond donors (Lipinski definition) is 1. The number of anilines is 1. The summed E-state index contributed by atoms with van der Waals surface area (Å²) in [4.78, 5) is 11.2. The second-order valence-corrected chi connectivity index (χ2v) is 8.67. The molecule has 0 spiro atoms. The van der Waals surface area contributed by atoms with Gasteiger partial charge < -0.3 is 15.0 Å². The number of rotatable bonds is 6. The summed E-state index contributed by atoms with van der Waals surface area (Å²) in [5.41, 5.74) is 2.25. The smallest absolute Gasteiger partial charge is 0.147 e. The van der Waals surface area contributed by atoms with Crippen molar-refractivity contribution in [2.75, 3.05) is 31.5 Å². The quantitative estimate of drug-likeness (QED) is 0.570. The van der Waals surface area contributed by atoms with Gasteiger partial charge in [0.25, 0.3) is 0 Å². The van der Waals surface area contributed by atoms with E-state index in [0.29, 0.717) is 10.0 Å². The minimum atomic E-state index is 0.219. The third-order valence-electron chi connectivity index (χ3n) is 4.98. The first-order valence-corrected chi connectivity index (χ1v) is 11.0. The molecule has 0 aliphatic carbocycles. The summed E-state index contributed by atoms with van der Waals surface area (Å²) >= 11 is 13.7. The maximum absolute atomic E-state index is 6.06. The lowest BCUT2D eigenvalue weighted by molar-refractivity contribution is 0.103. The monoisotopic (exact) mass is 436 g/mol. The molecule has 28 heavy (non-hydrogen) atoms. The van der Waals surface area contributed by atoms with Crippen LogP contribution in [0.1, 0.15) is 18.4 Å². The van der Waals surface area contributed by atoms with Gasteiger partial charge in [0.15, 0.2) is 0 Å². The Bertz CT molecular complexity index is 957. The molecule has 8 heteroatoms. The van der Waals surface area contributed by atoms with E-state index in [1.807, 2.05) is 6.07 Å². The van der Waals surface area contributed by atoms with Crippen LogP contribution in [0.15, 0.2) is 29.9 Å². The molecule has 148 valence electrons. The Morgan fingerprint density at radius 3 is 2.82 bits per heavy atom. The molecule has 1 N–H and O–H groups in total. The van der Waals surface area contributed by atoms with Gasteiger partial charge in [0.1, 0.15) is 24.0 Å². The maximum atomic E-state index is 6.06. The molecule has 4 rings (SSSR count). The number of fused-ring (bicyclic) bond motifs is 1. The molecular weight excluding hydrogens is 415 g/mol. The highest BCUT2D eigenvalue weighted by atomic mass is 35.5. The molecule has 3 aromatic rings. The molecule has 0 unspecified atom stereocenters. The lowest BCUT2D eigenvalue weighted by atomic mass is 10.1. The van der Waals surface area contributed by atoms with Crippen molar-refractivity contribution in [3.63, 3.8) is 0 Å². The van der Waals surface area contributed by atoms with Crippen LogP contribution in [0.25, 0.3) is 10.2 Å². The molecule has 1 saturated heterocycles. The van der Waals surface area contributed by atoms with Gasteiger partial charge in [-0.2, -0.15) is 0 Å². The highest BCUT2D eigenvalue weighted by molar-refractivity contribution is 7.18. The molecule has 5 nitrogen and oxygen atoms in total. The van der Waals surface area contributed by atoms with Crippen molar-refractivity contribution in [2.45, 2.75) is 25.9 Å². The summed E-state index contributed by atoms with van der Waals surface area (Å²) in [6, 6.07) is 5.44. The molecule has 1 aliphatic heterocycles. The number of hydrogen-bond acceptors (Lipinski definition) is 6. The minimum absolute atomic E-state index is 0.219. The van der Waals surface area contributed by atoms with Crippen molar-refractivity contribution >= 4 is 50.6 Å². The van der Waals surface area contributed by atoms with Crippen molar-refractivity contribution in [3.8, 4) is 5.75 Å². The van der Waals surface area contributed by atoms with E-state index in [4.69, 9.17) is 27.9 Å². The van der Waals surface area contributed by atoms with Crippen LogP contribution in [0.5, 0.6) is 5.75 Å². The Labute approximate surface area is 178 Å². The molecule has 2 aromatic heterocycles. The van der Waals surface area contributed by atoms with Crippen LogP contribution in [-0.2, 0) is 0 Å². The van der Waals surface area contributed by atoms with Crippen LogP contribution >= 0.6 is 34.5 Å². The van der Waals surface area contributed by atoms with Crippen LogP contribution in [0, 0.1) is 6.92 Å². The van der Waals surface area contributed by atoms with E-state index in [1.54, 1.807) is 29.8 Å². The second-order valence-electron chi connectivity index (χ2n) is 6.98. The Kier molecular flexibility index (Phi) is 6.21. The van der Waals surface area contributed by atoms with Crippen molar-refractivity contribution in [1.29, 1.82) is 0 Å². The average molecular weight is 437 g/mol. The van der Waals surface area contributed by atoms with Gasteiger partial charge in [-0.25, -0.2) is 9.97 Å². The minimum Gasteiger partial charge on any atom is -0.490 e. The van der Waals surface area contributed by atoms with Crippen LogP contribution in [0.2, 0.25) is 10.0 Å². The predicted octanol–water partition coefficient (Wildman–Crippen LogP) is 5.26. The summed E-state index contributed by atoms with van der Waals surface area (Å²) in [5.74, 6) is 1.72. The first kappa shape index (κ1) is 19.7. The SMILES string of the molecule is Cc1csc2c(NCCN3CCC(Oc4ccc(Cl)c(Cl)c4)CC3)ncnc12. The number of piperidine rings is 1. The van der Waals surface area contributed by atoms with E-state index in [0.717, 1.165) is 60.8 Å². The predicted molar refractivity (Wildman–Crippen MR) is 117 cm³/mol. The maximum Gasteiger partial charge on any atom is 0.147 e. The van der Waals surface area contributed by atoms with Crippen LogP contribution in [-0.4, -0.2) is 47.2 Å². The van der Waals surface area contributed by atoms with Gasteiger partial charge in [0, 0.05) is 32.2 Å². The fraction of sp³-hybridized carbons (Fsp3) is 0.400. The first-order valence-electron chi connectivity index (χ1n) is 9.37. The second kappa shape index (κ2) is 8.82.